The standard InChI is InChI=1S/C21H23Cl2IN2O4/c1-21(2,3)30-20(28)25-11-10-18(24)26-19(27)14-6-4-5-7-16(14)29-17-9-8-13(22)12-15(17)23/h4-9,12,18H,10-11H2,1-3H3,(H,25,28)(H,26,27). The Morgan fingerprint density at radius 2 is 1.80 bits per heavy atom. The predicted molar refractivity (Wildman–Crippen MR) is 127 cm³/mol. The Balaban J connectivity index is 1.94. The third-order valence-electron chi connectivity index (χ3n) is 3.60. The topological polar surface area (TPSA) is 76.7 Å². The summed E-state index contributed by atoms with van der Waals surface area (Å²) in [6.45, 7) is 5.75. The van der Waals surface area contributed by atoms with Crippen LogP contribution in [0.1, 0.15) is 37.6 Å². The van der Waals surface area contributed by atoms with Crippen LogP contribution in [0.25, 0.3) is 0 Å². The average molecular weight is 565 g/mol. The molecule has 0 aromatic heterocycles. The van der Waals surface area contributed by atoms with Crippen LogP contribution in [0.3, 0.4) is 0 Å². The summed E-state index contributed by atoms with van der Waals surface area (Å²) in [5, 5.41) is 6.40. The number of hydrogen-bond acceptors (Lipinski definition) is 4. The second kappa shape index (κ2) is 11.1. The molecule has 0 aliphatic heterocycles. The van der Waals surface area contributed by atoms with E-state index >= 15 is 0 Å². The van der Waals surface area contributed by atoms with Crippen LogP contribution in [-0.2, 0) is 4.74 Å². The molecule has 2 amide bonds. The van der Waals surface area contributed by atoms with E-state index in [1.54, 1.807) is 63.2 Å². The number of rotatable bonds is 7. The number of ether oxygens (including phenoxy) is 2. The van der Waals surface area contributed by atoms with E-state index in [9.17, 15) is 9.59 Å². The van der Waals surface area contributed by atoms with Crippen molar-refractivity contribution >= 4 is 57.8 Å². The fourth-order valence-electron chi connectivity index (χ4n) is 2.33. The molecular formula is C21H23Cl2IN2O4. The molecule has 0 fully saturated rings. The molecule has 30 heavy (non-hydrogen) atoms. The Hall–Kier alpha value is -1.71. The lowest BCUT2D eigenvalue weighted by Crippen LogP contribution is -2.36. The molecule has 2 N–H and O–H groups in total. The van der Waals surface area contributed by atoms with E-state index in [1.807, 2.05) is 0 Å². The van der Waals surface area contributed by atoms with Gasteiger partial charge in [-0.3, -0.25) is 4.79 Å². The quantitative estimate of drug-likeness (QED) is 0.239. The van der Waals surface area contributed by atoms with Gasteiger partial charge in [-0.1, -0.05) is 57.9 Å². The lowest BCUT2D eigenvalue weighted by Gasteiger charge is -2.20. The largest absolute Gasteiger partial charge is 0.455 e. The highest BCUT2D eigenvalue weighted by Crippen LogP contribution is 2.33. The van der Waals surface area contributed by atoms with Crippen LogP contribution in [0, 0.1) is 0 Å². The first-order valence-electron chi connectivity index (χ1n) is 9.19. The summed E-state index contributed by atoms with van der Waals surface area (Å²) < 4.78 is 10.8. The van der Waals surface area contributed by atoms with Crippen LogP contribution in [0.2, 0.25) is 10.0 Å². The van der Waals surface area contributed by atoms with E-state index in [1.165, 1.54) is 0 Å². The number of alkyl halides is 1. The molecule has 2 rings (SSSR count). The molecule has 0 bridgehead atoms. The van der Waals surface area contributed by atoms with Crippen molar-refractivity contribution in [1.29, 1.82) is 0 Å². The van der Waals surface area contributed by atoms with Crippen LogP contribution >= 0.6 is 45.8 Å². The molecular weight excluding hydrogens is 542 g/mol. The van der Waals surface area contributed by atoms with E-state index in [0.717, 1.165) is 0 Å². The zero-order valence-electron chi connectivity index (χ0n) is 16.8. The maximum Gasteiger partial charge on any atom is 0.407 e. The van der Waals surface area contributed by atoms with E-state index in [2.05, 4.69) is 33.2 Å². The number of benzene rings is 2. The second-order valence-corrected chi connectivity index (χ2v) is 9.68. The maximum absolute atomic E-state index is 12.7. The Labute approximate surface area is 199 Å². The number of alkyl carbamates (subject to hydrolysis) is 1. The number of para-hydroxylation sites is 1. The summed E-state index contributed by atoms with van der Waals surface area (Å²) in [5.41, 5.74) is -0.191. The molecule has 0 saturated heterocycles. The first-order chi connectivity index (χ1) is 14.0. The second-order valence-electron chi connectivity index (χ2n) is 7.33. The van der Waals surface area contributed by atoms with Gasteiger partial charge in [-0.05, 0) is 57.5 Å². The summed E-state index contributed by atoms with van der Waals surface area (Å²) in [7, 11) is 0. The van der Waals surface area contributed by atoms with Crippen molar-refractivity contribution in [3.8, 4) is 11.5 Å². The Morgan fingerprint density at radius 1 is 1.10 bits per heavy atom. The van der Waals surface area contributed by atoms with Crippen molar-refractivity contribution in [2.24, 2.45) is 0 Å². The van der Waals surface area contributed by atoms with Gasteiger partial charge in [0.1, 0.15) is 17.1 Å². The van der Waals surface area contributed by atoms with Gasteiger partial charge < -0.3 is 20.1 Å². The maximum atomic E-state index is 12.7. The lowest BCUT2D eigenvalue weighted by molar-refractivity contribution is 0.0527. The summed E-state index contributed by atoms with van der Waals surface area (Å²) in [4.78, 5) is 24.4. The zero-order valence-corrected chi connectivity index (χ0v) is 20.5. The normalized spacial score (nSPS) is 12.1. The highest BCUT2D eigenvalue weighted by molar-refractivity contribution is 14.1. The van der Waals surface area contributed by atoms with Crippen LogP contribution in [0.15, 0.2) is 42.5 Å². The van der Waals surface area contributed by atoms with Gasteiger partial charge in [0.15, 0.2) is 0 Å². The molecule has 162 valence electrons. The van der Waals surface area contributed by atoms with Gasteiger partial charge in [0.05, 0.1) is 14.6 Å². The molecule has 0 radical (unpaired) electrons. The average Bonchev–Trinajstić information content (AvgIpc) is 2.63. The van der Waals surface area contributed by atoms with Crippen molar-refractivity contribution in [3.05, 3.63) is 58.1 Å². The number of halogens is 3. The van der Waals surface area contributed by atoms with Crippen molar-refractivity contribution in [2.75, 3.05) is 6.54 Å². The van der Waals surface area contributed by atoms with E-state index in [-0.39, 0.29) is 9.96 Å². The summed E-state index contributed by atoms with van der Waals surface area (Å²) in [6, 6.07) is 11.7. The molecule has 1 atom stereocenters. The van der Waals surface area contributed by atoms with Crippen LogP contribution in [0.4, 0.5) is 4.79 Å². The monoisotopic (exact) mass is 564 g/mol. The van der Waals surface area contributed by atoms with Crippen LogP contribution in [-0.4, -0.2) is 28.2 Å². The van der Waals surface area contributed by atoms with E-state index in [0.29, 0.717) is 40.1 Å². The van der Waals surface area contributed by atoms with Gasteiger partial charge in [0.2, 0.25) is 0 Å². The summed E-state index contributed by atoms with van der Waals surface area (Å²) in [5.74, 6) is 0.468. The number of hydrogen-bond donors (Lipinski definition) is 2. The third kappa shape index (κ3) is 8.20. The highest BCUT2D eigenvalue weighted by Gasteiger charge is 2.18. The van der Waals surface area contributed by atoms with Crippen molar-refractivity contribution in [2.45, 2.75) is 36.8 Å². The molecule has 9 heteroatoms. The number of amides is 2. The van der Waals surface area contributed by atoms with Gasteiger partial charge in [-0.2, -0.15) is 0 Å². The van der Waals surface area contributed by atoms with Crippen molar-refractivity contribution in [1.82, 2.24) is 10.6 Å². The first-order valence-corrected chi connectivity index (χ1v) is 11.2. The molecule has 2 aromatic carbocycles. The predicted octanol–water partition coefficient (Wildman–Crippen LogP) is 6.19. The van der Waals surface area contributed by atoms with E-state index in [4.69, 9.17) is 32.7 Å². The van der Waals surface area contributed by atoms with E-state index < -0.39 is 11.7 Å². The molecule has 2 aromatic rings. The smallest absolute Gasteiger partial charge is 0.407 e. The number of carbonyl (C=O) groups is 2. The molecule has 0 saturated carbocycles. The van der Waals surface area contributed by atoms with Crippen LogP contribution < -0.4 is 15.4 Å². The molecule has 0 heterocycles. The molecule has 1 unspecified atom stereocenters. The van der Waals surface area contributed by atoms with Gasteiger partial charge >= 0.3 is 6.09 Å². The highest BCUT2D eigenvalue weighted by atomic mass is 127. The molecule has 0 aliphatic rings. The molecule has 0 spiro atoms. The number of nitrogens with one attached hydrogen (secondary N) is 2. The van der Waals surface area contributed by atoms with Gasteiger partial charge in [0, 0.05) is 11.6 Å². The molecule has 0 aliphatic carbocycles. The Kier molecular flexibility index (Phi) is 9.06. The first kappa shape index (κ1) is 24.6. The minimum Gasteiger partial charge on any atom is -0.455 e. The zero-order chi connectivity index (χ0) is 22.3. The Bertz CT molecular complexity index is 903. The van der Waals surface area contributed by atoms with Gasteiger partial charge in [0.25, 0.3) is 5.91 Å². The van der Waals surface area contributed by atoms with Gasteiger partial charge in [-0.15, -0.1) is 0 Å². The lowest BCUT2D eigenvalue weighted by atomic mass is 10.2. The van der Waals surface area contributed by atoms with Gasteiger partial charge in [-0.25, -0.2) is 4.79 Å². The van der Waals surface area contributed by atoms with Crippen molar-refractivity contribution in [3.63, 3.8) is 0 Å². The minimum absolute atomic E-state index is 0.211. The number of carbonyl (C=O) groups excluding carboxylic acids is 2. The molecule has 6 nitrogen and oxygen atoms in total. The SMILES string of the molecule is CC(C)(C)OC(=O)NCCC(I)NC(=O)c1ccccc1Oc1ccc(Cl)cc1Cl. The third-order valence-corrected chi connectivity index (χ3v) is 5.06. The van der Waals surface area contributed by atoms with Crippen LogP contribution in [0.5, 0.6) is 11.5 Å². The fraction of sp³-hybridized carbons (Fsp3) is 0.333. The Morgan fingerprint density at radius 3 is 2.47 bits per heavy atom. The summed E-state index contributed by atoms with van der Waals surface area (Å²) >= 11 is 14.2. The van der Waals surface area contributed by atoms with Crippen molar-refractivity contribution < 1.29 is 19.1 Å². The minimum atomic E-state index is -0.557. The summed E-state index contributed by atoms with van der Waals surface area (Å²) in [6.07, 6.45) is 0.0356. The fourth-order valence-corrected chi connectivity index (χ4v) is 3.37.